The summed E-state index contributed by atoms with van der Waals surface area (Å²) in [5, 5.41) is 0. The van der Waals surface area contributed by atoms with Crippen molar-refractivity contribution in [2.75, 3.05) is 57.8 Å². The molecule has 8 heteroatoms. The number of benzene rings is 1. The maximum absolute atomic E-state index is 12.2. The number of anilines is 1. The number of methoxy groups -OCH3 is 1. The number of hydrogen-bond donors (Lipinski definition) is 0. The molecule has 0 bridgehead atoms. The number of aromatic nitrogens is 1. The summed E-state index contributed by atoms with van der Waals surface area (Å²) in [6.45, 7) is 6.60. The third kappa shape index (κ3) is 4.93. The highest BCUT2D eigenvalue weighted by molar-refractivity contribution is 5.89. The van der Waals surface area contributed by atoms with Crippen LogP contribution in [-0.2, 0) is 20.9 Å². The molecule has 34 heavy (non-hydrogen) atoms. The number of pyridine rings is 1. The Kier molecular flexibility index (Phi) is 6.52. The minimum absolute atomic E-state index is 0.150. The van der Waals surface area contributed by atoms with E-state index in [1.54, 1.807) is 12.3 Å². The maximum atomic E-state index is 12.2. The van der Waals surface area contributed by atoms with Crippen LogP contribution in [0.2, 0.25) is 0 Å². The average molecular weight is 465 g/mol. The molecule has 1 saturated carbocycles. The molecule has 3 fully saturated rings. The Labute approximate surface area is 200 Å². The zero-order valence-corrected chi connectivity index (χ0v) is 19.7. The minimum Gasteiger partial charge on any atom is -0.465 e. The molecule has 0 unspecified atom stereocenters. The fourth-order valence-corrected chi connectivity index (χ4v) is 5.45. The van der Waals surface area contributed by atoms with Crippen molar-refractivity contribution in [1.82, 2.24) is 14.8 Å². The number of piperazine rings is 1. The lowest BCUT2D eigenvalue weighted by Gasteiger charge is -2.62. The minimum atomic E-state index is -0.356. The molecule has 1 aromatic heterocycles. The SMILES string of the molecule is COC(=O)c1ccc(N2CC3(CC(N4CCN(CC(=O)OCc5ccccc5)CC4)C3)C2)nc1. The first-order valence-electron chi connectivity index (χ1n) is 12.0. The van der Waals surface area contributed by atoms with Crippen molar-refractivity contribution in [3.63, 3.8) is 0 Å². The topological polar surface area (TPSA) is 75.2 Å². The standard InChI is InChI=1S/C26H32N4O4/c1-33-25(32)21-7-8-23(27-15-21)30-18-26(19-30)13-22(14-26)29-11-9-28(10-12-29)16-24(31)34-17-20-5-3-2-4-6-20/h2-8,15,22H,9-14,16-19H2,1H3. The fourth-order valence-electron chi connectivity index (χ4n) is 5.45. The molecular weight excluding hydrogens is 432 g/mol. The van der Waals surface area contributed by atoms with Crippen LogP contribution in [0.25, 0.3) is 0 Å². The Morgan fingerprint density at radius 1 is 1.03 bits per heavy atom. The Balaban J connectivity index is 1.000. The monoisotopic (exact) mass is 464 g/mol. The molecule has 0 amide bonds. The van der Waals surface area contributed by atoms with Crippen LogP contribution in [0.4, 0.5) is 5.82 Å². The second kappa shape index (κ2) is 9.72. The molecule has 3 heterocycles. The van der Waals surface area contributed by atoms with Gasteiger partial charge >= 0.3 is 11.9 Å². The first-order chi connectivity index (χ1) is 16.5. The molecular formula is C26H32N4O4. The van der Waals surface area contributed by atoms with Crippen molar-refractivity contribution in [1.29, 1.82) is 0 Å². The van der Waals surface area contributed by atoms with E-state index in [0.717, 1.165) is 50.6 Å². The first-order valence-corrected chi connectivity index (χ1v) is 12.0. The van der Waals surface area contributed by atoms with E-state index in [4.69, 9.17) is 9.47 Å². The third-order valence-corrected chi connectivity index (χ3v) is 7.40. The fraction of sp³-hybridized carbons (Fsp3) is 0.500. The van der Waals surface area contributed by atoms with Crippen LogP contribution in [0.15, 0.2) is 48.7 Å². The van der Waals surface area contributed by atoms with E-state index in [9.17, 15) is 9.59 Å². The Morgan fingerprint density at radius 3 is 2.41 bits per heavy atom. The first kappa shape index (κ1) is 22.8. The molecule has 2 saturated heterocycles. The summed E-state index contributed by atoms with van der Waals surface area (Å²) in [6.07, 6.45) is 4.04. The predicted molar refractivity (Wildman–Crippen MR) is 127 cm³/mol. The lowest BCUT2D eigenvalue weighted by atomic mass is 9.60. The highest BCUT2D eigenvalue weighted by atomic mass is 16.5. The third-order valence-electron chi connectivity index (χ3n) is 7.40. The van der Waals surface area contributed by atoms with Crippen LogP contribution in [0, 0.1) is 5.41 Å². The van der Waals surface area contributed by atoms with Crippen LogP contribution in [0.5, 0.6) is 0 Å². The van der Waals surface area contributed by atoms with E-state index in [0.29, 0.717) is 30.2 Å². The van der Waals surface area contributed by atoms with Gasteiger partial charge in [-0.2, -0.15) is 0 Å². The molecule has 2 aromatic rings. The predicted octanol–water partition coefficient (Wildman–Crippen LogP) is 2.20. The molecule has 3 aliphatic rings. The van der Waals surface area contributed by atoms with Crippen molar-refractivity contribution >= 4 is 17.8 Å². The van der Waals surface area contributed by atoms with Crippen molar-refractivity contribution < 1.29 is 19.1 Å². The second-order valence-electron chi connectivity index (χ2n) is 9.77. The molecule has 0 atom stereocenters. The smallest absolute Gasteiger partial charge is 0.339 e. The van der Waals surface area contributed by atoms with E-state index < -0.39 is 0 Å². The van der Waals surface area contributed by atoms with Gasteiger partial charge in [0, 0.05) is 56.9 Å². The van der Waals surface area contributed by atoms with Gasteiger partial charge in [0.2, 0.25) is 0 Å². The van der Waals surface area contributed by atoms with E-state index in [1.165, 1.54) is 20.0 Å². The molecule has 1 aromatic carbocycles. The normalized spacial score (nSPS) is 20.4. The zero-order valence-electron chi connectivity index (χ0n) is 19.7. The maximum Gasteiger partial charge on any atom is 0.339 e. The Morgan fingerprint density at radius 2 is 1.76 bits per heavy atom. The number of carbonyl (C=O) groups excluding carboxylic acids is 2. The lowest BCUT2D eigenvalue weighted by molar-refractivity contribution is -0.147. The van der Waals surface area contributed by atoms with E-state index >= 15 is 0 Å². The van der Waals surface area contributed by atoms with Gasteiger partial charge in [-0.05, 0) is 30.5 Å². The summed E-state index contributed by atoms with van der Waals surface area (Å²) >= 11 is 0. The van der Waals surface area contributed by atoms with Crippen LogP contribution in [0.3, 0.4) is 0 Å². The summed E-state index contributed by atoms with van der Waals surface area (Å²) < 4.78 is 10.2. The molecule has 5 rings (SSSR count). The largest absolute Gasteiger partial charge is 0.465 e. The van der Waals surface area contributed by atoms with Gasteiger partial charge in [0.25, 0.3) is 0 Å². The molecule has 180 valence electrons. The number of carbonyl (C=O) groups is 2. The van der Waals surface area contributed by atoms with Gasteiger partial charge in [-0.15, -0.1) is 0 Å². The highest BCUT2D eigenvalue weighted by Gasteiger charge is 2.54. The number of ether oxygens (including phenoxy) is 2. The van der Waals surface area contributed by atoms with Gasteiger partial charge in [0.05, 0.1) is 19.2 Å². The lowest BCUT2D eigenvalue weighted by Crippen LogP contribution is -2.68. The number of hydrogen-bond acceptors (Lipinski definition) is 8. The molecule has 1 spiro atoms. The van der Waals surface area contributed by atoms with Gasteiger partial charge < -0.3 is 14.4 Å². The van der Waals surface area contributed by atoms with Crippen LogP contribution >= 0.6 is 0 Å². The average Bonchev–Trinajstić information content (AvgIpc) is 2.82. The Hall–Kier alpha value is -2.97. The van der Waals surface area contributed by atoms with Crippen LogP contribution in [-0.4, -0.2) is 85.7 Å². The van der Waals surface area contributed by atoms with Crippen LogP contribution < -0.4 is 4.90 Å². The number of esters is 2. The number of rotatable bonds is 7. The summed E-state index contributed by atoms with van der Waals surface area (Å²) in [4.78, 5) is 35.3. The summed E-state index contributed by atoms with van der Waals surface area (Å²) in [5.74, 6) is 0.419. The van der Waals surface area contributed by atoms with Crippen molar-refractivity contribution in [2.24, 2.45) is 5.41 Å². The van der Waals surface area contributed by atoms with Crippen molar-refractivity contribution in [3.05, 3.63) is 59.8 Å². The van der Waals surface area contributed by atoms with Crippen molar-refractivity contribution in [2.45, 2.75) is 25.5 Å². The molecule has 0 radical (unpaired) electrons. The zero-order chi connectivity index (χ0) is 23.5. The number of nitrogens with zero attached hydrogens (tertiary/aromatic N) is 4. The second-order valence-corrected chi connectivity index (χ2v) is 9.77. The molecule has 0 N–H and O–H groups in total. The van der Waals surface area contributed by atoms with Crippen molar-refractivity contribution in [3.8, 4) is 0 Å². The summed E-state index contributed by atoms with van der Waals surface area (Å²) in [6, 6.07) is 14.1. The summed E-state index contributed by atoms with van der Waals surface area (Å²) in [7, 11) is 1.38. The van der Waals surface area contributed by atoms with Gasteiger partial charge in [-0.3, -0.25) is 14.6 Å². The van der Waals surface area contributed by atoms with Gasteiger partial charge in [0.1, 0.15) is 12.4 Å². The Bertz CT molecular complexity index is 991. The quantitative estimate of drug-likeness (QED) is 0.578. The van der Waals surface area contributed by atoms with Gasteiger partial charge in [0.15, 0.2) is 0 Å². The molecule has 1 aliphatic carbocycles. The van der Waals surface area contributed by atoms with E-state index in [-0.39, 0.29) is 11.9 Å². The van der Waals surface area contributed by atoms with E-state index in [1.807, 2.05) is 36.4 Å². The summed E-state index contributed by atoms with van der Waals surface area (Å²) in [5.41, 5.74) is 1.91. The van der Waals surface area contributed by atoms with Gasteiger partial charge in [-0.1, -0.05) is 30.3 Å². The molecule has 2 aliphatic heterocycles. The van der Waals surface area contributed by atoms with E-state index in [2.05, 4.69) is 19.7 Å². The van der Waals surface area contributed by atoms with Crippen LogP contribution in [0.1, 0.15) is 28.8 Å². The van der Waals surface area contributed by atoms with Gasteiger partial charge in [-0.25, -0.2) is 9.78 Å². The molecule has 8 nitrogen and oxygen atoms in total. The highest BCUT2D eigenvalue weighted by Crippen LogP contribution is 2.51.